The number of carbonyl (C=O) groups excluding carboxylic acids is 1. The number of carbonyl (C=O) groups is 2. The van der Waals surface area contributed by atoms with Gasteiger partial charge in [0.25, 0.3) is 0 Å². The molecule has 0 heterocycles. The summed E-state index contributed by atoms with van der Waals surface area (Å²) in [7, 11) is 1.55. The Bertz CT molecular complexity index is 586. The lowest BCUT2D eigenvalue weighted by Gasteiger charge is -2.12. The third-order valence-electron chi connectivity index (χ3n) is 2.83. The standard InChI is InChI=1S/C16H20BrNO5/c1-3-23-16-12(17)9-11(10-13(16)22-2)6-7-14(19)18-8-4-5-15(20)21/h6-7,9-10H,3-5,8H2,1-2H3,(H,18,19)(H,20,21)/b7-6+. The Hall–Kier alpha value is -2.02. The number of carboxylic acid groups (broad SMARTS) is 1. The summed E-state index contributed by atoms with van der Waals surface area (Å²) >= 11 is 3.42. The Balaban J connectivity index is 2.67. The first-order valence-corrected chi connectivity index (χ1v) is 7.95. The summed E-state index contributed by atoms with van der Waals surface area (Å²) in [6.45, 7) is 2.73. The maximum atomic E-state index is 11.7. The second kappa shape index (κ2) is 9.89. The van der Waals surface area contributed by atoms with Gasteiger partial charge in [0.15, 0.2) is 11.5 Å². The monoisotopic (exact) mass is 385 g/mol. The molecule has 0 aromatic heterocycles. The molecule has 6 nitrogen and oxygen atoms in total. The van der Waals surface area contributed by atoms with E-state index in [-0.39, 0.29) is 12.3 Å². The van der Waals surface area contributed by atoms with E-state index in [2.05, 4.69) is 21.2 Å². The van der Waals surface area contributed by atoms with Crippen LogP contribution in [0.2, 0.25) is 0 Å². The molecule has 126 valence electrons. The number of nitrogens with one attached hydrogen (secondary N) is 1. The zero-order valence-electron chi connectivity index (χ0n) is 13.1. The first-order valence-electron chi connectivity index (χ1n) is 7.16. The van der Waals surface area contributed by atoms with Crippen LogP contribution in [-0.2, 0) is 9.59 Å². The average molecular weight is 386 g/mol. The maximum Gasteiger partial charge on any atom is 0.303 e. The molecule has 0 atom stereocenters. The number of hydrogen-bond acceptors (Lipinski definition) is 4. The molecule has 0 spiro atoms. The molecular weight excluding hydrogens is 366 g/mol. The van der Waals surface area contributed by atoms with Crippen LogP contribution < -0.4 is 14.8 Å². The summed E-state index contributed by atoms with van der Waals surface area (Å²) in [5.74, 6) is 0.0356. The van der Waals surface area contributed by atoms with Crippen molar-refractivity contribution >= 4 is 33.9 Å². The quantitative estimate of drug-likeness (QED) is 0.504. The SMILES string of the molecule is CCOc1c(Br)cc(/C=C/C(=O)NCCCC(=O)O)cc1OC. The Morgan fingerprint density at radius 3 is 2.74 bits per heavy atom. The number of rotatable bonds is 9. The van der Waals surface area contributed by atoms with Gasteiger partial charge in [0.2, 0.25) is 5.91 Å². The number of aliphatic carboxylic acids is 1. The molecule has 0 aliphatic rings. The van der Waals surface area contributed by atoms with E-state index in [0.29, 0.717) is 31.1 Å². The van der Waals surface area contributed by atoms with Crippen LogP contribution >= 0.6 is 15.9 Å². The van der Waals surface area contributed by atoms with E-state index in [9.17, 15) is 9.59 Å². The number of benzene rings is 1. The smallest absolute Gasteiger partial charge is 0.303 e. The molecule has 23 heavy (non-hydrogen) atoms. The molecule has 7 heteroatoms. The zero-order valence-corrected chi connectivity index (χ0v) is 14.7. The molecular formula is C16H20BrNO5. The summed E-state index contributed by atoms with van der Waals surface area (Å²) in [5.41, 5.74) is 0.776. The van der Waals surface area contributed by atoms with E-state index in [1.165, 1.54) is 6.08 Å². The first kappa shape index (κ1) is 19.0. The number of ether oxygens (including phenoxy) is 2. The Labute approximate surface area is 143 Å². The van der Waals surface area contributed by atoms with Gasteiger partial charge in [0.1, 0.15) is 0 Å². The fourth-order valence-electron chi connectivity index (χ4n) is 1.80. The van der Waals surface area contributed by atoms with Crippen LogP contribution in [0.15, 0.2) is 22.7 Å². The molecule has 0 saturated heterocycles. The highest BCUT2D eigenvalue weighted by Gasteiger charge is 2.10. The van der Waals surface area contributed by atoms with Crippen LogP contribution in [0.5, 0.6) is 11.5 Å². The predicted octanol–water partition coefficient (Wildman–Crippen LogP) is 2.85. The van der Waals surface area contributed by atoms with Gasteiger partial charge in [0, 0.05) is 19.0 Å². The van der Waals surface area contributed by atoms with Gasteiger partial charge in [-0.2, -0.15) is 0 Å². The van der Waals surface area contributed by atoms with Crippen molar-refractivity contribution in [1.29, 1.82) is 0 Å². The molecule has 0 fully saturated rings. The number of carboxylic acids is 1. The molecule has 0 unspecified atom stereocenters. The number of hydrogen-bond donors (Lipinski definition) is 2. The van der Waals surface area contributed by atoms with Crippen LogP contribution in [0.25, 0.3) is 6.08 Å². The lowest BCUT2D eigenvalue weighted by atomic mass is 10.2. The second-order valence-electron chi connectivity index (χ2n) is 4.59. The van der Waals surface area contributed by atoms with Gasteiger partial charge in [0.05, 0.1) is 18.2 Å². The van der Waals surface area contributed by atoms with Crippen LogP contribution in [-0.4, -0.2) is 37.2 Å². The summed E-state index contributed by atoms with van der Waals surface area (Å²) < 4.78 is 11.5. The fraction of sp³-hybridized carbons (Fsp3) is 0.375. The van der Waals surface area contributed by atoms with E-state index >= 15 is 0 Å². The number of amides is 1. The minimum Gasteiger partial charge on any atom is -0.493 e. The minimum atomic E-state index is -0.874. The van der Waals surface area contributed by atoms with Crippen molar-refractivity contribution in [1.82, 2.24) is 5.32 Å². The van der Waals surface area contributed by atoms with E-state index in [1.807, 2.05) is 13.0 Å². The van der Waals surface area contributed by atoms with Crippen LogP contribution in [0.1, 0.15) is 25.3 Å². The molecule has 1 aromatic carbocycles. The summed E-state index contributed by atoms with van der Waals surface area (Å²) in [4.78, 5) is 22.0. The van der Waals surface area contributed by atoms with E-state index < -0.39 is 5.97 Å². The molecule has 1 aromatic rings. The first-order chi connectivity index (χ1) is 11.0. The molecule has 0 radical (unpaired) electrons. The maximum absolute atomic E-state index is 11.7. The molecule has 0 bridgehead atoms. The van der Waals surface area contributed by atoms with Crippen molar-refractivity contribution in [2.24, 2.45) is 0 Å². The number of halogens is 1. The van der Waals surface area contributed by atoms with Gasteiger partial charge >= 0.3 is 5.97 Å². The highest BCUT2D eigenvalue weighted by Crippen LogP contribution is 2.36. The molecule has 0 aliphatic heterocycles. The van der Waals surface area contributed by atoms with Crippen molar-refractivity contribution < 1.29 is 24.2 Å². The zero-order chi connectivity index (χ0) is 17.2. The van der Waals surface area contributed by atoms with E-state index in [1.54, 1.807) is 19.3 Å². The summed E-state index contributed by atoms with van der Waals surface area (Å²) in [6, 6.07) is 3.59. The van der Waals surface area contributed by atoms with Gasteiger partial charge in [-0.15, -0.1) is 0 Å². The summed E-state index contributed by atoms with van der Waals surface area (Å²) in [6.07, 6.45) is 3.47. The molecule has 0 saturated carbocycles. The van der Waals surface area contributed by atoms with Crippen molar-refractivity contribution in [3.05, 3.63) is 28.2 Å². The van der Waals surface area contributed by atoms with Gasteiger partial charge < -0.3 is 19.9 Å². The van der Waals surface area contributed by atoms with E-state index in [4.69, 9.17) is 14.6 Å². The molecule has 1 rings (SSSR count). The largest absolute Gasteiger partial charge is 0.493 e. The Kier molecular flexibility index (Phi) is 8.18. The highest BCUT2D eigenvalue weighted by molar-refractivity contribution is 9.10. The number of methoxy groups -OCH3 is 1. The lowest BCUT2D eigenvalue weighted by Crippen LogP contribution is -2.22. The molecule has 2 N–H and O–H groups in total. The second-order valence-corrected chi connectivity index (χ2v) is 5.44. The normalized spacial score (nSPS) is 10.6. The fourth-order valence-corrected chi connectivity index (χ4v) is 2.38. The van der Waals surface area contributed by atoms with Crippen molar-refractivity contribution in [3.63, 3.8) is 0 Å². The van der Waals surface area contributed by atoms with Crippen molar-refractivity contribution in [2.45, 2.75) is 19.8 Å². The van der Waals surface area contributed by atoms with Crippen LogP contribution in [0.4, 0.5) is 0 Å². The van der Waals surface area contributed by atoms with Gasteiger partial charge in [-0.3, -0.25) is 9.59 Å². The predicted molar refractivity (Wildman–Crippen MR) is 90.8 cm³/mol. The molecule has 1 amide bonds. The van der Waals surface area contributed by atoms with Crippen LogP contribution in [0.3, 0.4) is 0 Å². The van der Waals surface area contributed by atoms with Gasteiger partial charge in [-0.1, -0.05) is 0 Å². The van der Waals surface area contributed by atoms with Gasteiger partial charge in [-0.25, -0.2) is 0 Å². The Morgan fingerprint density at radius 2 is 2.13 bits per heavy atom. The van der Waals surface area contributed by atoms with Crippen molar-refractivity contribution in [3.8, 4) is 11.5 Å². The lowest BCUT2D eigenvalue weighted by molar-refractivity contribution is -0.137. The topological polar surface area (TPSA) is 84.9 Å². The summed E-state index contributed by atoms with van der Waals surface area (Å²) in [5, 5.41) is 11.1. The van der Waals surface area contributed by atoms with Crippen molar-refractivity contribution in [2.75, 3.05) is 20.3 Å². The minimum absolute atomic E-state index is 0.0348. The Morgan fingerprint density at radius 1 is 1.39 bits per heavy atom. The molecule has 0 aliphatic carbocycles. The van der Waals surface area contributed by atoms with Crippen LogP contribution in [0, 0.1) is 0 Å². The average Bonchev–Trinajstić information content (AvgIpc) is 2.51. The third kappa shape index (κ3) is 6.73. The third-order valence-corrected chi connectivity index (χ3v) is 3.42. The highest BCUT2D eigenvalue weighted by atomic mass is 79.9. The van der Waals surface area contributed by atoms with E-state index in [0.717, 1.165) is 10.0 Å². The van der Waals surface area contributed by atoms with Gasteiger partial charge in [-0.05, 0) is 53.0 Å².